The first-order valence-corrected chi connectivity index (χ1v) is 6.73. The largest absolute Gasteiger partial charge is 0.374 e. The van der Waals surface area contributed by atoms with Gasteiger partial charge < -0.3 is 5.73 Å². The SMILES string of the molecule is Nc1nnc(S(=O)(=O)NCc2cccnn2)s1. The molecule has 8 nitrogen and oxygen atoms in total. The number of nitrogen functional groups attached to an aromatic ring is 1. The van der Waals surface area contributed by atoms with Crippen LogP contribution >= 0.6 is 11.3 Å². The highest BCUT2D eigenvalue weighted by Gasteiger charge is 2.19. The van der Waals surface area contributed by atoms with Crippen LogP contribution in [0.4, 0.5) is 5.13 Å². The molecule has 2 aromatic rings. The lowest BCUT2D eigenvalue weighted by Gasteiger charge is -2.01. The van der Waals surface area contributed by atoms with Gasteiger partial charge in [-0.2, -0.15) is 10.2 Å². The molecule has 0 bridgehead atoms. The number of hydrogen-bond donors (Lipinski definition) is 2. The van der Waals surface area contributed by atoms with E-state index in [4.69, 9.17) is 5.73 Å². The smallest absolute Gasteiger partial charge is 0.270 e. The molecule has 0 aromatic carbocycles. The molecule has 0 saturated heterocycles. The fraction of sp³-hybridized carbons (Fsp3) is 0.143. The van der Waals surface area contributed by atoms with Crippen LogP contribution in [0.2, 0.25) is 0 Å². The fourth-order valence-electron chi connectivity index (χ4n) is 0.987. The summed E-state index contributed by atoms with van der Waals surface area (Å²) in [7, 11) is -3.69. The molecule has 2 heterocycles. The number of nitrogens with two attached hydrogens (primary N) is 1. The second kappa shape index (κ2) is 4.69. The van der Waals surface area contributed by atoms with E-state index in [0.717, 1.165) is 11.3 Å². The molecule has 17 heavy (non-hydrogen) atoms. The minimum atomic E-state index is -3.69. The van der Waals surface area contributed by atoms with Crippen molar-refractivity contribution in [2.24, 2.45) is 0 Å². The van der Waals surface area contributed by atoms with Gasteiger partial charge in [-0.15, -0.1) is 10.2 Å². The Labute approximate surface area is 101 Å². The first-order chi connectivity index (χ1) is 8.08. The molecule has 3 N–H and O–H groups in total. The Bertz CT molecular complexity index is 596. The molecule has 0 fully saturated rings. The van der Waals surface area contributed by atoms with Crippen LogP contribution in [0.5, 0.6) is 0 Å². The zero-order valence-corrected chi connectivity index (χ0v) is 10.1. The van der Waals surface area contributed by atoms with Gasteiger partial charge in [-0.3, -0.25) is 0 Å². The lowest BCUT2D eigenvalue weighted by Crippen LogP contribution is -2.23. The third-order valence-corrected chi connectivity index (χ3v) is 4.24. The average molecular weight is 272 g/mol. The number of nitrogens with zero attached hydrogens (tertiary/aromatic N) is 4. The number of hydrogen-bond acceptors (Lipinski definition) is 8. The highest BCUT2D eigenvalue weighted by Crippen LogP contribution is 2.16. The van der Waals surface area contributed by atoms with Crippen molar-refractivity contribution in [1.82, 2.24) is 25.1 Å². The van der Waals surface area contributed by atoms with Crippen LogP contribution < -0.4 is 10.5 Å². The summed E-state index contributed by atoms with van der Waals surface area (Å²) < 4.78 is 25.6. The number of nitrogens with one attached hydrogen (secondary N) is 1. The minimum absolute atomic E-state index is 0.0374. The van der Waals surface area contributed by atoms with Crippen LogP contribution in [0.15, 0.2) is 22.7 Å². The zero-order chi connectivity index (χ0) is 12.3. The van der Waals surface area contributed by atoms with Crippen molar-refractivity contribution in [2.45, 2.75) is 10.9 Å². The highest BCUT2D eigenvalue weighted by molar-refractivity contribution is 7.91. The Morgan fingerprint density at radius 3 is 2.76 bits per heavy atom. The van der Waals surface area contributed by atoms with Crippen molar-refractivity contribution >= 4 is 26.5 Å². The van der Waals surface area contributed by atoms with Gasteiger partial charge in [-0.25, -0.2) is 13.1 Å². The van der Waals surface area contributed by atoms with Crippen LogP contribution in [0.25, 0.3) is 0 Å². The topological polar surface area (TPSA) is 124 Å². The lowest BCUT2D eigenvalue weighted by atomic mass is 10.4. The van der Waals surface area contributed by atoms with E-state index in [1.54, 1.807) is 12.1 Å². The molecule has 2 aromatic heterocycles. The van der Waals surface area contributed by atoms with Gasteiger partial charge in [0.2, 0.25) is 9.47 Å². The summed E-state index contributed by atoms with van der Waals surface area (Å²) in [6, 6.07) is 3.32. The Hall–Kier alpha value is -1.65. The van der Waals surface area contributed by atoms with E-state index >= 15 is 0 Å². The van der Waals surface area contributed by atoms with Crippen LogP contribution in [-0.2, 0) is 16.6 Å². The molecule has 0 aliphatic heterocycles. The van der Waals surface area contributed by atoms with Crippen molar-refractivity contribution in [2.75, 3.05) is 5.73 Å². The molecular weight excluding hydrogens is 264 g/mol. The zero-order valence-electron chi connectivity index (χ0n) is 8.44. The van der Waals surface area contributed by atoms with E-state index in [2.05, 4.69) is 25.1 Å². The molecule has 0 saturated carbocycles. The molecule has 0 spiro atoms. The predicted octanol–water partition coefficient (Wildman–Crippen LogP) is -0.611. The van der Waals surface area contributed by atoms with E-state index in [9.17, 15) is 8.42 Å². The molecule has 10 heteroatoms. The van der Waals surface area contributed by atoms with Crippen molar-refractivity contribution in [3.05, 3.63) is 24.0 Å². The molecule has 0 unspecified atom stereocenters. The Balaban J connectivity index is 2.09. The summed E-state index contributed by atoms with van der Waals surface area (Å²) in [4.78, 5) is 0. The molecule has 0 radical (unpaired) electrons. The van der Waals surface area contributed by atoms with E-state index in [0.29, 0.717) is 5.69 Å². The Kier molecular flexibility index (Phi) is 3.26. The van der Waals surface area contributed by atoms with Crippen LogP contribution in [-0.4, -0.2) is 28.8 Å². The number of sulfonamides is 1. The van der Waals surface area contributed by atoms with E-state index in [-0.39, 0.29) is 16.0 Å². The summed E-state index contributed by atoms with van der Waals surface area (Å²) in [5, 5.41) is 14.4. The molecule has 0 aliphatic rings. The van der Waals surface area contributed by atoms with Crippen LogP contribution in [0, 0.1) is 0 Å². The van der Waals surface area contributed by atoms with E-state index in [1.807, 2.05) is 0 Å². The minimum Gasteiger partial charge on any atom is -0.374 e. The molecule has 0 amide bonds. The maximum atomic E-state index is 11.7. The monoisotopic (exact) mass is 272 g/mol. The Morgan fingerprint density at radius 2 is 2.18 bits per heavy atom. The summed E-state index contributed by atoms with van der Waals surface area (Å²) >= 11 is 0.799. The number of rotatable bonds is 4. The van der Waals surface area contributed by atoms with Gasteiger partial charge >= 0.3 is 0 Å². The van der Waals surface area contributed by atoms with Gasteiger partial charge in [-0.1, -0.05) is 11.3 Å². The maximum Gasteiger partial charge on any atom is 0.270 e. The quantitative estimate of drug-likeness (QED) is 0.760. The van der Waals surface area contributed by atoms with Gasteiger partial charge in [0, 0.05) is 6.20 Å². The van der Waals surface area contributed by atoms with Crippen LogP contribution in [0.3, 0.4) is 0 Å². The number of anilines is 1. The first-order valence-electron chi connectivity index (χ1n) is 4.43. The third-order valence-electron chi connectivity index (χ3n) is 1.72. The first kappa shape index (κ1) is 11.8. The second-order valence-corrected chi connectivity index (χ2v) is 5.90. The Morgan fingerprint density at radius 1 is 1.35 bits per heavy atom. The van der Waals surface area contributed by atoms with Gasteiger partial charge in [-0.05, 0) is 12.1 Å². The third kappa shape index (κ3) is 2.93. The summed E-state index contributed by atoms with van der Waals surface area (Å²) in [5.74, 6) is 0. The standard InChI is InChI=1S/C7H8N6O2S2/c8-6-12-13-7(16-6)17(14,15)10-4-5-2-1-3-9-11-5/h1-3,10H,4H2,(H2,8,12). The van der Waals surface area contributed by atoms with Crippen molar-refractivity contribution in [3.8, 4) is 0 Å². The van der Waals surface area contributed by atoms with Crippen molar-refractivity contribution in [1.29, 1.82) is 0 Å². The number of aromatic nitrogens is 4. The van der Waals surface area contributed by atoms with Gasteiger partial charge in [0.15, 0.2) is 0 Å². The fourth-order valence-corrected chi connectivity index (χ4v) is 2.81. The van der Waals surface area contributed by atoms with Crippen LogP contribution in [0.1, 0.15) is 5.69 Å². The molecule has 0 atom stereocenters. The maximum absolute atomic E-state index is 11.7. The molecule has 2 rings (SSSR count). The highest BCUT2D eigenvalue weighted by atomic mass is 32.2. The van der Waals surface area contributed by atoms with Gasteiger partial charge in [0.05, 0.1) is 12.2 Å². The van der Waals surface area contributed by atoms with E-state index < -0.39 is 10.0 Å². The molecular formula is C7H8N6O2S2. The molecule has 90 valence electrons. The van der Waals surface area contributed by atoms with Gasteiger partial charge in [0.25, 0.3) is 10.0 Å². The average Bonchev–Trinajstić information content (AvgIpc) is 2.76. The molecule has 0 aliphatic carbocycles. The lowest BCUT2D eigenvalue weighted by molar-refractivity contribution is 0.578. The van der Waals surface area contributed by atoms with Gasteiger partial charge in [0.1, 0.15) is 0 Å². The normalized spacial score (nSPS) is 11.5. The second-order valence-electron chi connectivity index (χ2n) is 2.95. The summed E-state index contributed by atoms with van der Waals surface area (Å²) in [5.41, 5.74) is 5.82. The predicted molar refractivity (Wildman–Crippen MR) is 60.4 cm³/mol. The summed E-state index contributed by atoms with van der Waals surface area (Å²) in [6.07, 6.45) is 1.50. The van der Waals surface area contributed by atoms with Crippen molar-refractivity contribution in [3.63, 3.8) is 0 Å². The van der Waals surface area contributed by atoms with Crippen molar-refractivity contribution < 1.29 is 8.42 Å². The summed E-state index contributed by atoms with van der Waals surface area (Å²) in [6.45, 7) is 0.0374. The van der Waals surface area contributed by atoms with E-state index in [1.165, 1.54) is 6.20 Å².